The summed E-state index contributed by atoms with van der Waals surface area (Å²) in [6.07, 6.45) is 2.53. The molecule has 5 nitrogen and oxygen atoms in total. The summed E-state index contributed by atoms with van der Waals surface area (Å²) in [5, 5.41) is 3.25. The van der Waals surface area contributed by atoms with Gasteiger partial charge in [-0.3, -0.25) is 4.79 Å². The predicted molar refractivity (Wildman–Crippen MR) is 67.2 cm³/mol. The molecule has 0 saturated heterocycles. The molecule has 1 amide bonds. The molecule has 1 N–H and O–H groups in total. The number of carbonyl (C=O) groups is 1. The van der Waals surface area contributed by atoms with Crippen molar-refractivity contribution in [1.82, 2.24) is 4.98 Å². The van der Waals surface area contributed by atoms with E-state index in [1.807, 2.05) is 6.92 Å². The molecule has 0 aliphatic rings. The number of hydrogen-bond donors (Lipinski definition) is 1. The largest absolute Gasteiger partial charge is 0.495 e. The smallest absolute Gasteiger partial charge is 0.293 e. The van der Waals surface area contributed by atoms with Crippen LogP contribution in [0.2, 0.25) is 5.02 Å². The van der Waals surface area contributed by atoms with E-state index in [1.54, 1.807) is 12.1 Å². The highest BCUT2D eigenvalue weighted by atomic mass is 35.5. The minimum Gasteiger partial charge on any atom is -0.495 e. The van der Waals surface area contributed by atoms with E-state index in [9.17, 15) is 4.79 Å². The van der Waals surface area contributed by atoms with Crippen LogP contribution in [0.25, 0.3) is 0 Å². The number of hydrogen-bond acceptors (Lipinski definition) is 4. The standard InChI is InChI=1S/C12H11ClN2O3/c1-7-3-9(10(17-2)4-8(7)13)15-12(16)11-5-14-6-18-11/h3-6H,1-2H3,(H,15,16). The molecule has 0 atom stereocenters. The zero-order valence-electron chi connectivity index (χ0n) is 9.86. The molecule has 18 heavy (non-hydrogen) atoms. The first kappa shape index (κ1) is 12.4. The Hall–Kier alpha value is -2.01. The number of nitrogens with one attached hydrogen (secondary N) is 1. The van der Waals surface area contributed by atoms with Gasteiger partial charge in [-0.25, -0.2) is 4.98 Å². The average Bonchev–Trinajstić information content (AvgIpc) is 2.87. The lowest BCUT2D eigenvalue weighted by Gasteiger charge is -2.11. The van der Waals surface area contributed by atoms with Gasteiger partial charge in [0.2, 0.25) is 5.76 Å². The van der Waals surface area contributed by atoms with E-state index in [2.05, 4.69) is 10.3 Å². The van der Waals surface area contributed by atoms with Gasteiger partial charge in [-0.1, -0.05) is 11.6 Å². The molecule has 0 aliphatic carbocycles. The summed E-state index contributed by atoms with van der Waals surface area (Å²) in [5.41, 5.74) is 1.37. The van der Waals surface area contributed by atoms with Gasteiger partial charge in [-0.2, -0.15) is 0 Å². The van der Waals surface area contributed by atoms with Crippen molar-refractivity contribution in [3.63, 3.8) is 0 Å². The van der Waals surface area contributed by atoms with E-state index in [0.29, 0.717) is 16.5 Å². The van der Waals surface area contributed by atoms with Gasteiger partial charge >= 0.3 is 0 Å². The second-order valence-corrected chi connectivity index (χ2v) is 4.03. The molecule has 0 bridgehead atoms. The molecule has 0 fully saturated rings. The molecule has 0 unspecified atom stereocenters. The Morgan fingerprint density at radius 1 is 1.50 bits per heavy atom. The fourth-order valence-corrected chi connectivity index (χ4v) is 1.60. The fourth-order valence-electron chi connectivity index (χ4n) is 1.44. The number of benzene rings is 1. The normalized spacial score (nSPS) is 10.2. The van der Waals surface area contributed by atoms with Crippen LogP contribution in [0.15, 0.2) is 29.1 Å². The fraction of sp³-hybridized carbons (Fsp3) is 0.167. The molecule has 1 aromatic heterocycles. The van der Waals surface area contributed by atoms with Gasteiger partial charge in [-0.05, 0) is 18.6 Å². The van der Waals surface area contributed by atoms with Crippen LogP contribution in [0.5, 0.6) is 5.75 Å². The zero-order chi connectivity index (χ0) is 13.1. The lowest BCUT2D eigenvalue weighted by molar-refractivity contribution is 0.0996. The number of oxazole rings is 1. The number of rotatable bonds is 3. The Morgan fingerprint density at radius 2 is 2.28 bits per heavy atom. The highest BCUT2D eigenvalue weighted by molar-refractivity contribution is 6.31. The number of methoxy groups -OCH3 is 1. The Kier molecular flexibility index (Phi) is 3.53. The summed E-state index contributed by atoms with van der Waals surface area (Å²) < 4.78 is 10.1. The number of aromatic nitrogens is 1. The zero-order valence-corrected chi connectivity index (χ0v) is 10.6. The molecule has 2 rings (SSSR count). The van der Waals surface area contributed by atoms with Gasteiger partial charge in [0.15, 0.2) is 6.39 Å². The van der Waals surface area contributed by atoms with Crippen molar-refractivity contribution < 1.29 is 13.9 Å². The number of anilines is 1. The number of halogens is 1. The SMILES string of the molecule is COc1cc(Cl)c(C)cc1NC(=O)c1cnco1. The maximum Gasteiger partial charge on any atom is 0.293 e. The predicted octanol–water partition coefficient (Wildman–Crippen LogP) is 2.90. The summed E-state index contributed by atoms with van der Waals surface area (Å²) >= 11 is 5.98. The molecule has 1 aromatic carbocycles. The summed E-state index contributed by atoms with van der Waals surface area (Å²) in [7, 11) is 1.51. The third-order valence-corrected chi connectivity index (χ3v) is 2.79. The van der Waals surface area contributed by atoms with Crippen LogP contribution >= 0.6 is 11.6 Å². The van der Waals surface area contributed by atoms with Crippen LogP contribution < -0.4 is 10.1 Å². The Bertz CT molecular complexity index is 567. The van der Waals surface area contributed by atoms with E-state index in [4.69, 9.17) is 20.8 Å². The Morgan fingerprint density at radius 3 is 2.89 bits per heavy atom. The Labute approximate surface area is 109 Å². The molecule has 0 spiro atoms. The maximum absolute atomic E-state index is 11.8. The van der Waals surface area contributed by atoms with Crippen LogP contribution in [0.4, 0.5) is 5.69 Å². The maximum atomic E-state index is 11.8. The minimum absolute atomic E-state index is 0.129. The van der Waals surface area contributed by atoms with Gasteiger partial charge in [-0.15, -0.1) is 0 Å². The quantitative estimate of drug-likeness (QED) is 0.928. The molecule has 94 valence electrons. The van der Waals surface area contributed by atoms with Crippen LogP contribution in [0, 0.1) is 6.92 Å². The lowest BCUT2D eigenvalue weighted by Crippen LogP contribution is -2.12. The summed E-state index contributed by atoms with van der Waals surface area (Å²) in [6.45, 7) is 1.84. The van der Waals surface area contributed by atoms with Gasteiger partial charge < -0.3 is 14.5 Å². The highest BCUT2D eigenvalue weighted by Crippen LogP contribution is 2.31. The molecule has 0 aliphatic heterocycles. The number of aryl methyl sites for hydroxylation is 1. The Balaban J connectivity index is 2.28. The van der Waals surface area contributed by atoms with Crippen molar-refractivity contribution in [1.29, 1.82) is 0 Å². The van der Waals surface area contributed by atoms with Crippen LogP contribution in [0.1, 0.15) is 16.1 Å². The van der Waals surface area contributed by atoms with E-state index in [1.165, 1.54) is 19.7 Å². The molecule has 1 heterocycles. The van der Waals surface area contributed by atoms with Gasteiger partial charge in [0.05, 0.1) is 19.0 Å². The number of carbonyl (C=O) groups excluding carboxylic acids is 1. The van der Waals surface area contributed by atoms with Gasteiger partial charge in [0, 0.05) is 11.1 Å². The third kappa shape index (κ3) is 2.46. The monoisotopic (exact) mass is 266 g/mol. The van der Waals surface area contributed by atoms with Crippen LogP contribution in [0.3, 0.4) is 0 Å². The topological polar surface area (TPSA) is 64.4 Å². The molecular formula is C12H11ClN2O3. The van der Waals surface area contributed by atoms with E-state index in [0.717, 1.165) is 5.56 Å². The number of amides is 1. The average molecular weight is 267 g/mol. The minimum atomic E-state index is -0.396. The first-order valence-corrected chi connectivity index (χ1v) is 5.53. The van der Waals surface area contributed by atoms with Crippen molar-refractivity contribution in [2.24, 2.45) is 0 Å². The highest BCUT2D eigenvalue weighted by Gasteiger charge is 2.13. The number of ether oxygens (including phenoxy) is 1. The molecule has 2 aromatic rings. The van der Waals surface area contributed by atoms with Crippen LogP contribution in [-0.2, 0) is 0 Å². The molecule has 6 heteroatoms. The summed E-state index contributed by atoms with van der Waals surface area (Å²) in [5.74, 6) is 0.218. The third-order valence-electron chi connectivity index (χ3n) is 2.39. The van der Waals surface area contributed by atoms with E-state index < -0.39 is 5.91 Å². The second-order valence-electron chi connectivity index (χ2n) is 3.62. The molecule has 0 saturated carbocycles. The van der Waals surface area contributed by atoms with Crippen molar-refractivity contribution in [2.75, 3.05) is 12.4 Å². The molecular weight excluding hydrogens is 256 g/mol. The second kappa shape index (κ2) is 5.10. The molecule has 0 radical (unpaired) electrons. The van der Waals surface area contributed by atoms with Gasteiger partial charge in [0.1, 0.15) is 5.75 Å². The first-order valence-electron chi connectivity index (χ1n) is 5.16. The summed E-state index contributed by atoms with van der Waals surface area (Å²) in [4.78, 5) is 15.5. The number of nitrogens with zero attached hydrogens (tertiary/aromatic N) is 1. The van der Waals surface area contributed by atoms with Crippen molar-refractivity contribution in [3.8, 4) is 5.75 Å². The van der Waals surface area contributed by atoms with E-state index >= 15 is 0 Å². The summed E-state index contributed by atoms with van der Waals surface area (Å²) in [6, 6.07) is 3.38. The van der Waals surface area contributed by atoms with Gasteiger partial charge in [0.25, 0.3) is 5.91 Å². The lowest BCUT2D eigenvalue weighted by atomic mass is 10.2. The van der Waals surface area contributed by atoms with Crippen LogP contribution in [-0.4, -0.2) is 18.0 Å². The van der Waals surface area contributed by atoms with Crippen molar-refractivity contribution in [2.45, 2.75) is 6.92 Å². The van der Waals surface area contributed by atoms with Crippen molar-refractivity contribution in [3.05, 3.63) is 41.1 Å². The van der Waals surface area contributed by atoms with Crippen molar-refractivity contribution >= 4 is 23.2 Å². The first-order chi connectivity index (χ1) is 8.61. The van der Waals surface area contributed by atoms with E-state index in [-0.39, 0.29) is 5.76 Å².